The van der Waals surface area contributed by atoms with Crippen LogP contribution in [0.25, 0.3) is 0 Å². The molecular formula is C15H23ClN2O4S. The van der Waals surface area contributed by atoms with Crippen molar-refractivity contribution in [3.8, 4) is 5.75 Å². The van der Waals surface area contributed by atoms with Crippen LogP contribution >= 0.6 is 11.6 Å². The molecule has 1 saturated heterocycles. The number of benzene rings is 1. The van der Waals surface area contributed by atoms with Crippen molar-refractivity contribution < 1.29 is 18.3 Å². The standard InChI is InChI=1S/C15H23ClN2O4S/c1-22-14-6-5-12(16)10-15(14)23(20,21)17-7-9-18-8-3-2-4-13(18)11-19/h5-6,10,13,17,19H,2-4,7-9,11H2,1H3/t13-/m0/s1. The Morgan fingerprint density at radius 3 is 2.91 bits per heavy atom. The predicted octanol–water partition coefficient (Wildman–Crippen LogP) is 1.47. The van der Waals surface area contributed by atoms with Crippen molar-refractivity contribution in [2.75, 3.05) is 33.4 Å². The molecule has 1 aromatic carbocycles. The predicted molar refractivity (Wildman–Crippen MR) is 89.5 cm³/mol. The van der Waals surface area contributed by atoms with E-state index in [-0.39, 0.29) is 29.8 Å². The monoisotopic (exact) mass is 362 g/mol. The molecule has 2 rings (SSSR count). The van der Waals surface area contributed by atoms with Crippen LogP contribution in [0, 0.1) is 0 Å². The average Bonchev–Trinajstić information content (AvgIpc) is 2.55. The van der Waals surface area contributed by atoms with E-state index in [1.54, 1.807) is 6.07 Å². The van der Waals surface area contributed by atoms with Crippen molar-refractivity contribution in [2.45, 2.75) is 30.2 Å². The number of hydrogen-bond acceptors (Lipinski definition) is 5. The van der Waals surface area contributed by atoms with Crippen LogP contribution in [-0.4, -0.2) is 57.8 Å². The van der Waals surface area contributed by atoms with E-state index in [0.29, 0.717) is 11.6 Å². The van der Waals surface area contributed by atoms with E-state index < -0.39 is 10.0 Å². The molecule has 23 heavy (non-hydrogen) atoms. The minimum Gasteiger partial charge on any atom is -0.495 e. The fraction of sp³-hybridized carbons (Fsp3) is 0.600. The molecule has 0 saturated carbocycles. The summed E-state index contributed by atoms with van der Waals surface area (Å²) in [6.45, 7) is 1.82. The molecule has 1 aliphatic rings. The second-order valence-electron chi connectivity index (χ2n) is 5.56. The number of hydrogen-bond donors (Lipinski definition) is 2. The minimum absolute atomic E-state index is 0.0323. The summed E-state index contributed by atoms with van der Waals surface area (Å²) < 4.78 is 32.6. The zero-order valence-corrected chi connectivity index (χ0v) is 14.7. The lowest BCUT2D eigenvalue weighted by Crippen LogP contribution is -2.45. The molecule has 1 fully saturated rings. The van der Waals surface area contributed by atoms with E-state index in [2.05, 4.69) is 9.62 Å². The quantitative estimate of drug-likeness (QED) is 0.768. The molecule has 6 nitrogen and oxygen atoms in total. The molecule has 130 valence electrons. The highest BCUT2D eigenvalue weighted by molar-refractivity contribution is 7.89. The van der Waals surface area contributed by atoms with Gasteiger partial charge in [-0.15, -0.1) is 0 Å². The Kier molecular flexibility index (Phi) is 6.67. The van der Waals surface area contributed by atoms with Gasteiger partial charge in [0.1, 0.15) is 10.6 Å². The van der Waals surface area contributed by atoms with Gasteiger partial charge in [0, 0.05) is 24.2 Å². The van der Waals surface area contributed by atoms with Gasteiger partial charge in [0.2, 0.25) is 10.0 Å². The molecule has 1 heterocycles. The zero-order chi connectivity index (χ0) is 16.9. The Labute approximate surface area is 142 Å². The number of piperidine rings is 1. The van der Waals surface area contributed by atoms with Crippen LogP contribution in [0.5, 0.6) is 5.75 Å². The third kappa shape index (κ3) is 4.81. The van der Waals surface area contributed by atoms with Gasteiger partial charge in [-0.05, 0) is 37.6 Å². The van der Waals surface area contributed by atoms with Crippen LogP contribution in [0.4, 0.5) is 0 Å². The second-order valence-corrected chi connectivity index (χ2v) is 7.73. The highest BCUT2D eigenvalue weighted by Crippen LogP contribution is 2.26. The van der Waals surface area contributed by atoms with Crippen LogP contribution in [0.3, 0.4) is 0 Å². The highest BCUT2D eigenvalue weighted by atomic mass is 35.5. The zero-order valence-electron chi connectivity index (χ0n) is 13.2. The van der Waals surface area contributed by atoms with Gasteiger partial charge in [0.05, 0.1) is 13.7 Å². The Morgan fingerprint density at radius 2 is 2.22 bits per heavy atom. The van der Waals surface area contributed by atoms with Gasteiger partial charge < -0.3 is 9.84 Å². The second kappa shape index (κ2) is 8.30. The number of nitrogens with one attached hydrogen (secondary N) is 1. The summed E-state index contributed by atoms with van der Waals surface area (Å²) in [5, 5.41) is 9.72. The lowest BCUT2D eigenvalue weighted by Gasteiger charge is -2.34. The SMILES string of the molecule is COc1ccc(Cl)cc1S(=O)(=O)NCCN1CCCC[C@H]1CO. The third-order valence-corrected chi connectivity index (χ3v) is 5.78. The van der Waals surface area contributed by atoms with Crippen molar-refractivity contribution in [3.63, 3.8) is 0 Å². The normalized spacial score (nSPS) is 19.7. The van der Waals surface area contributed by atoms with Gasteiger partial charge in [-0.3, -0.25) is 4.90 Å². The van der Waals surface area contributed by atoms with E-state index in [1.165, 1.54) is 19.2 Å². The summed E-state index contributed by atoms with van der Waals surface area (Å²) in [4.78, 5) is 2.16. The summed E-state index contributed by atoms with van der Waals surface area (Å²) in [7, 11) is -2.28. The summed E-state index contributed by atoms with van der Waals surface area (Å²) in [6.07, 6.45) is 3.13. The number of nitrogens with zero attached hydrogens (tertiary/aromatic N) is 1. The molecule has 1 aliphatic heterocycles. The summed E-state index contributed by atoms with van der Waals surface area (Å²) >= 11 is 5.89. The Bertz CT molecular complexity index is 624. The van der Waals surface area contributed by atoms with Crippen molar-refractivity contribution in [1.29, 1.82) is 0 Å². The van der Waals surface area contributed by atoms with Crippen molar-refractivity contribution >= 4 is 21.6 Å². The molecule has 0 radical (unpaired) electrons. The molecule has 8 heteroatoms. The van der Waals surface area contributed by atoms with Gasteiger partial charge in [0.15, 0.2) is 0 Å². The Balaban J connectivity index is 2.00. The Hall–Kier alpha value is -0.860. The number of ether oxygens (including phenoxy) is 1. The van der Waals surface area contributed by atoms with Crippen LogP contribution < -0.4 is 9.46 Å². The van der Waals surface area contributed by atoms with Crippen LogP contribution in [0.1, 0.15) is 19.3 Å². The molecule has 0 spiro atoms. The van der Waals surface area contributed by atoms with Crippen LogP contribution in [-0.2, 0) is 10.0 Å². The summed E-state index contributed by atoms with van der Waals surface area (Å²) in [6, 6.07) is 4.61. The molecule has 0 unspecified atom stereocenters. The van der Waals surface area contributed by atoms with E-state index in [1.807, 2.05) is 0 Å². The topological polar surface area (TPSA) is 78.9 Å². The van der Waals surface area contributed by atoms with E-state index >= 15 is 0 Å². The van der Waals surface area contributed by atoms with E-state index in [4.69, 9.17) is 16.3 Å². The third-order valence-electron chi connectivity index (χ3n) is 4.07. The fourth-order valence-corrected chi connectivity index (χ4v) is 4.27. The largest absolute Gasteiger partial charge is 0.495 e. The summed E-state index contributed by atoms with van der Waals surface area (Å²) in [5.41, 5.74) is 0. The minimum atomic E-state index is -3.70. The average molecular weight is 363 g/mol. The number of aliphatic hydroxyl groups excluding tert-OH is 1. The number of sulfonamides is 1. The number of aliphatic hydroxyl groups is 1. The number of likely N-dealkylation sites (tertiary alicyclic amines) is 1. The first-order chi connectivity index (χ1) is 11.0. The van der Waals surface area contributed by atoms with E-state index in [0.717, 1.165) is 25.8 Å². The smallest absolute Gasteiger partial charge is 0.244 e. The lowest BCUT2D eigenvalue weighted by atomic mass is 10.0. The fourth-order valence-electron chi connectivity index (χ4n) is 2.82. The van der Waals surface area contributed by atoms with Crippen molar-refractivity contribution in [3.05, 3.63) is 23.2 Å². The first kappa shape index (κ1) is 18.5. The molecule has 0 aliphatic carbocycles. The van der Waals surface area contributed by atoms with Gasteiger partial charge >= 0.3 is 0 Å². The highest BCUT2D eigenvalue weighted by Gasteiger charge is 2.23. The molecule has 0 amide bonds. The molecule has 0 bridgehead atoms. The first-order valence-electron chi connectivity index (χ1n) is 7.66. The van der Waals surface area contributed by atoms with E-state index in [9.17, 15) is 13.5 Å². The van der Waals surface area contributed by atoms with Crippen molar-refractivity contribution in [2.24, 2.45) is 0 Å². The molecule has 1 atom stereocenters. The van der Waals surface area contributed by atoms with Gasteiger partial charge in [-0.1, -0.05) is 18.0 Å². The molecular weight excluding hydrogens is 340 g/mol. The number of rotatable bonds is 7. The number of halogens is 1. The number of methoxy groups -OCH3 is 1. The van der Waals surface area contributed by atoms with Crippen LogP contribution in [0.2, 0.25) is 5.02 Å². The first-order valence-corrected chi connectivity index (χ1v) is 9.52. The molecule has 1 aromatic rings. The molecule has 2 N–H and O–H groups in total. The van der Waals surface area contributed by atoms with Gasteiger partial charge in [-0.25, -0.2) is 13.1 Å². The maximum atomic E-state index is 12.4. The summed E-state index contributed by atoms with van der Waals surface area (Å²) in [5.74, 6) is 0.258. The van der Waals surface area contributed by atoms with Gasteiger partial charge in [-0.2, -0.15) is 0 Å². The van der Waals surface area contributed by atoms with Crippen molar-refractivity contribution in [1.82, 2.24) is 9.62 Å². The Morgan fingerprint density at radius 1 is 1.43 bits per heavy atom. The maximum Gasteiger partial charge on any atom is 0.244 e. The molecule has 0 aromatic heterocycles. The van der Waals surface area contributed by atoms with Crippen LogP contribution in [0.15, 0.2) is 23.1 Å². The lowest BCUT2D eigenvalue weighted by molar-refractivity contribution is 0.0923. The maximum absolute atomic E-state index is 12.4. The van der Waals surface area contributed by atoms with Gasteiger partial charge in [0.25, 0.3) is 0 Å².